The summed E-state index contributed by atoms with van der Waals surface area (Å²) in [6, 6.07) is 4.86. The van der Waals surface area contributed by atoms with Crippen molar-refractivity contribution in [1.29, 1.82) is 0 Å². The Kier molecular flexibility index (Phi) is 4.51. The maximum Gasteiger partial charge on any atom is 0.384 e. The number of aliphatic hydroxyl groups is 1. The summed E-state index contributed by atoms with van der Waals surface area (Å²) in [7, 11) is 0. The summed E-state index contributed by atoms with van der Waals surface area (Å²) in [5, 5.41) is 26.9. The van der Waals surface area contributed by atoms with Gasteiger partial charge in [-0.3, -0.25) is 22.1 Å². The van der Waals surface area contributed by atoms with Crippen LogP contribution in [-0.2, 0) is 17.6 Å². The molecule has 1 aromatic carbocycles. The highest BCUT2D eigenvalue weighted by molar-refractivity contribution is 5.90. The second-order valence-corrected chi connectivity index (χ2v) is 8.95. The van der Waals surface area contributed by atoms with Gasteiger partial charge in [0.15, 0.2) is 6.04 Å². The minimum Gasteiger partial charge on any atom is -0.455 e. The Hall–Kier alpha value is -3.01. The third-order valence-electron chi connectivity index (χ3n) is 7.42. The average Bonchev–Trinajstić information content (AvgIpc) is 3.22. The van der Waals surface area contributed by atoms with Crippen LogP contribution in [0.25, 0.3) is 0 Å². The van der Waals surface area contributed by atoms with Gasteiger partial charge >= 0.3 is 17.9 Å². The number of nitrogens with zero attached hydrogens (tertiary/aromatic N) is 2. The predicted octanol–water partition coefficient (Wildman–Crippen LogP) is -1.58. The monoisotopic (exact) mass is 430 g/mol. The van der Waals surface area contributed by atoms with Crippen molar-refractivity contribution in [3.8, 4) is 0 Å². The second-order valence-electron chi connectivity index (χ2n) is 8.95. The van der Waals surface area contributed by atoms with Gasteiger partial charge in [0, 0.05) is 0 Å². The summed E-state index contributed by atoms with van der Waals surface area (Å²) >= 11 is 0. The van der Waals surface area contributed by atoms with Gasteiger partial charge in [-0.25, -0.2) is 9.37 Å². The molecule has 10 nitrogen and oxygen atoms in total. The number of carbonyl (C=O) groups is 1. The fraction of sp³-hybridized carbons (Fsp3) is 0.571. The summed E-state index contributed by atoms with van der Waals surface area (Å²) in [4.78, 5) is 13.0. The van der Waals surface area contributed by atoms with Gasteiger partial charge in [-0.05, 0) is 53.7 Å². The molecule has 0 saturated carbocycles. The number of rotatable bonds is 3. The molecule has 1 saturated heterocycles. The third kappa shape index (κ3) is 2.70. The van der Waals surface area contributed by atoms with Crippen LogP contribution in [0.5, 0.6) is 0 Å². The Bertz CT molecular complexity index is 1010. The van der Waals surface area contributed by atoms with E-state index in [2.05, 4.69) is 10.6 Å². The second kappa shape index (κ2) is 7.01. The van der Waals surface area contributed by atoms with Gasteiger partial charge < -0.3 is 15.1 Å². The molecule has 0 aromatic heterocycles. The van der Waals surface area contributed by atoms with Crippen molar-refractivity contribution < 1.29 is 29.2 Å². The number of fused-ring (bicyclic) bond motifs is 1. The van der Waals surface area contributed by atoms with Crippen LogP contribution < -0.4 is 22.1 Å². The van der Waals surface area contributed by atoms with E-state index in [1.165, 1.54) is 17.5 Å². The van der Waals surface area contributed by atoms with Crippen molar-refractivity contribution in [3.63, 3.8) is 0 Å². The number of hydrogen-bond donors (Lipinski definition) is 6. The number of esters is 1. The van der Waals surface area contributed by atoms with Gasteiger partial charge in [0.2, 0.25) is 0 Å². The number of ether oxygens (including phenoxy) is 1. The summed E-state index contributed by atoms with van der Waals surface area (Å²) in [6.45, 7) is 1.98. The molecule has 1 fully saturated rings. The van der Waals surface area contributed by atoms with Crippen LogP contribution in [0, 0.1) is 5.92 Å². The smallest absolute Gasteiger partial charge is 0.384 e. The van der Waals surface area contributed by atoms with E-state index in [1.54, 1.807) is 4.58 Å². The Morgan fingerprint density at radius 2 is 1.97 bits per heavy atom. The highest BCUT2D eigenvalue weighted by Gasteiger charge is 2.73. The molecular formula is C21H30N6O4+2. The highest BCUT2D eigenvalue weighted by atomic mass is 16.5. The van der Waals surface area contributed by atoms with E-state index in [0.717, 1.165) is 24.0 Å². The lowest BCUT2D eigenvalue weighted by Crippen LogP contribution is -2.73. The molecule has 3 aliphatic heterocycles. The molecule has 3 unspecified atom stereocenters. The van der Waals surface area contributed by atoms with E-state index >= 15 is 0 Å². The van der Waals surface area contributed by atoms with E-state index in [9.17, 15) is 15.1 Å². The van der Waals surface area contributed by atoms with Crippen LogP contribution in [0.3, 0.4) is 0 Å². The third-order valence-corrected chi connectivity index (χ3v) is 7.42. The van der Waals surface area contributed by atoms with Crippen molar-refractivity contribution in [2.75, 3.05) is 13.2 Å². The highest BCUT2D eigenvalue weighted by Crippen LogP contribution is 2.41. The normalized spacial score (nSPS) is 33.9. The standard InChI is InChI=1S/C21H28N6O4/c1-11-16(31-18(29)14-7-6-12-4-2-3-5-13(12)8-14)9-26-19(22)24-15(10-28)17-21(11,26)27(30)20(23)25-17/h6-8,11,15-17,28,30H,2-5,9-10H2,1H3,(H4,22,23,24,25)/p+2/t11-,15?,16+,17?,21?/m1/s1. The van der Waals surface area contributed by atoms with Gasteiger partial charge in [0.05, 0.1) is 18.1 Å². The molecule has 5 atom stereocenters. The van der Waals surface area contributed by atoms with Crippen LogP contribution in [0.2, 0.25) is 0 Å². The van der Waals surface area contributed by atoms with Crippen molar-refractivity contribution in [3.05, 3.63) is 34.9 Å². The predicted molar refractivity (Wildman–Crippen MR) is 111 cm³/mol. The number of aryl methyl sites for hydroxylation is 2. The zero-order chi connectivity index (χ0) is 21.9. The van der Waals surface area contributed by atoms with E-state index in [1.807, 2.05) is 25.1 Å². The van der Waals surface area contributed by atoms with Crippen molar-refractivity contribution in [2.45, 2.75) is 56.5 Å². The lowest BCUT2D eigenvalue weighted by atomic mass is 9.83. The van der Waals surface area contributed by atoms with Gasteiger partial charge in [0.25, 0.3) is 5.66 Å². The lowest BCUT2D eigenvalue weighted by molar-refractivity contribution is -0.939. The number of nitrogens with one attached hydrogen (secondary N) is 2. The first kappa shape index (κ1) is 19.9. The summed E-state index contributed by atoms with van der Waals surface area (Å²) in [5.41, 5.74) is 14.2. The molecule has 0 radical (unpaired) electrons. The van der Waals surface area contributed by atoms with Crippen LogP contribution in [0.4, 0.5) is 0 Å². The fourth-order valence-electron chi connectivity index (χ4n) is 5.81. The first-order valence-electron chi connectivity index (χ1n) is 10.9. The Balaban J connectivity index is 1.45. The van der Waals surface area contributed by atoms with E-state index in [0.29, 0.717) is 11.5 Å². The van der Waals surface area contributed by atoms with Gasteiger partial charge in [0.1, 0.15) is 18.7 Å². The summed E-state index contributed by atoms with van der Waals surface area (Å²) < 4.78 is 8.67. The van der Waals surface area contributed by atoms with Crippen LogP contribution in [-0.4, -0.2) is 74.5 Å². The fourth-order valence-corrected chi connectivity index (χ4v) is 5.81. The molecule has 1 aliphatic carbocycles. The SMILES string of the molecule is C[C@@H]1[C@@H](OC(=O)c2ccc3c(c2)CCCC3)C[N+]2=C(N)NC(CO)C3NC(N)=[N+](O)C312. The van der Waals surface area contributed by atoms with Gasteiger partial charge in [-0.15, -0.1) is 0 Å². The number of hydrogen-bond acceptors (Lipinski definition) is 8. The Morgan fingerprint density at radius 1 is 1.23 bits per heavy atom. The zero-order valence-electron chi connectivity index (χ0n) is 17.5. The minimum absolute atomic E-state index is 0.0680. The Morgan fingerprint density at radius 3 is 2.71 bits per heavy atom. The molecule has 1 spiro atoms. The molecular weight excluding hydrogens is 400 g/mol. The average molecular weight is 431 g/mol. The number of benzene rings is 1. The van der Waals surface area contributed by atoms with E-state index in [-0.39, 0.29) is 25.0 Å². The molecule has 1 aromatic rings. The molecule has 5 rings (SSSR count). The Labute approximate surface area is 180 Å². The number of guanidine groups is 2. The number of carbonyl (C=O) groups excluding carboxylic acids is 1. The minimum atomic E-state index is -1.08. The lowest BCUT2D eigenvalue weighted by Gasteiger charge is -2.37. The maximum atomic E-state index is 13.0. The molecule has 166 valence electrons. The quantitative estimate of drug-likeness (QED) is 0.191. The largest absolute Gasteiger partial charge is 0.455 e. The number of hydroxylamine groups is 1. The zero-order valence-corrected chi connectivity index (χ0v) is 17.5. The van der Waals surface area contributed by atoms with E-state index in [4.69, 9.17) is 16.2 Å². The summed E-state index contributed by atoms with van der Waals surface area (Å²) in [6.07, 6.45) is 3.81. The maximum absolute atomic E-state index is 13.0. The molecule has 4 aliphatic rings. The van der Waals surface area contributed by atoms with Gasteiger partial charge in [-0.2, -0.15) is 0 Å². The topological polar surface area (TPSA) is 149 Å². The van der Waals surface area contributed by atoms with E-state index < -0.39 is 29.8 Å². The number of nitrogens with two attached hydrogens (primary N) is 2. The molecule has 0 amide bonds. The van der Waals surface area contributed by atoms with Crippen LogP contribution in [0.1, 0.15) is 41.3 Å². The number of aliphatic hydroxyl groups excluding tert-OH is 1. The molecule has 10 heteroatoms. The molecule has 3 heterocycles. The van der Waals surface area contributed by atoms with Crippen molar-refractivity contribution in [1.82, 2.24) is 10.6 Å². The molecule has 31 heavy (non-hydrogen) atoms. The van der Waals surface area contributed by atoms with Crippen molar-refractivity contribution in [2.24, 2.45) is 17.4 Å². The molecule has 8 N–H and O–H groups in total. The summed E-state index contributed by atoms with van der Waals surface area (Å²) in [5.74, 6) is -0.383. The molecule has 0 bridgehead atoms. The first-order chi connectivity index (χ1) is 14.9. The van der Waals surface area contributed by atoms with Crippen LogP contribution in [0.15, 0.2) is 18.2 Å². The van der Waals surface area contributed by atoms with Crippen LogP contribution >= 0.6 is 0 Å². The van der Waals surface area contributed by atoms with Crippen molar-refractivity contribution >= 4 is 17.9 Å². The first-order valence-corrected chi connectivity index (χ1v) is 10.9. The van der Waals surface area contributed by atoms with Gasteiger partial charge in [-0.1, -0.05) is 13.0 Å².